The zero-order valence-electron chi connectivity index (χ0n) is 12.9. The molecule has 1 aromatic heterocycles. The van der Waals surface area contributed by atoms with Crippen molar-refractivity contribution in [3.8, 4) is 0 Å². The van der Waals surface area contributed by atoms with E-state index >= 15 is 0 Å². The maximum Gasteiger partial charge on any atom is 0.287 e. The molecular weight excluding hydrogens is 292 g/mol. The van der Waals surface area contributed by atoms with Gasteiger partial charge in [-0.3, -0.25) is 9.59 Å². The number of hydrogen-bond donors (Lipinski definition) is 2. The third-order valence-electron chi connectivity index (χ3n) is 2.81. The fourth-order valence-corrected chi connectivity index (χ4v) is 1.86. The Hall–Kier alpha value is -1.56. The highest BCUT2D eigenvalue weighted by atomic mass is 35.5. The lowest BCUT2D eigenvalue weighted by atomic mass is 10.2. The van der Waals surface area contributed by atoms with Crippen LogP contribution < -0.4 is 16.2 Å². The van der Waals surface area contributed by atoms with Crippen LogP contribution in [0.2, 0.25) is 5.02 Å². The van der Waals surface area contributed by atoms with Crippen molar-refractivity contribution in [3.05, 3.63) is 21.6 Å². The van der Waals surface area contributed by atoms with Crippen LogP contribution in [0.4, 0.5) is 5.69 Å². The lowest BCUT2D eigenvalue weighted by molar-refractivity contribution is -0.120. The maximum absolute atomic E-state index is 12.0. The van der Waals surface area contributed by atoms with Gasteiger partial charge in [-0.2, -0.15) is 5.10 Å². The molecule has 0 aliphatic rings. The molecule has 0 spiro atoms. The van der Waals surface area contributed by atoms with Crippen LogP contribution in [0.3, 0.4) is 0 Å². The molecule has 0 saturated carbocycles. The standard InChI is InChI=1S/C14H23ClN4O2/c1-9(2)7-17-12(20)5-6-16-11-8-18-19(10(3)4)14(21)13(11)15/h8-10,16H,5-7H2,1-4H3,(H,17,20). The monoisotopic (exact) mass is 314 g/mol. The highest BCUT2D eigenvalue weighted by Crippen LogP contribution is 2.16. The molecule has 2 N–H and O–H groups in total. The van der Waals surface area contributed by atoms with Crippen LogP contribution in [-0.2, 0) is 4.79 Å². The minimum Gasteiger partial charge on any atom is -0.382 e. The Morgan fingerprint density at radius 2 is 2.05 bits per heavy atom. The van der Waals surface area contributed by atoms with Gasteiger partial charge in [0.2, 0.25) is 5.91 Å². The van der Waals surface area contributed by atoms with Gasteiger partial charge in [0.05, 0.1) is 17.9 Å². The highest BCUT2D eigenvalue weighted by Gasteiger charge is 2.11. The molecule has 0 bridgehead atoms. The van der Waals surface area contributed by atoms with Gasteiger partial charge in [-0.25, -0.2) is 4.68 Å². The zero-order valence-corrected chi connectivity index (χ0v) is 13.7. The molecule has 118 valence electrons. The summed E-state index contributed by atoms with van der Waals surface area (Å²) in [5.41, 5.74) is 0.121. The van der Waals surface area contributed by atoms with Crippen molar-refractivity contribution >= 4 is 23.2 Å². The van der Waals surface area contributed by atoms with Crippen molar-refractivity contribution in [1.82, 2.24) is 15.1 Å². The molecule has 0 saturated heterocycles. The van der Waals surface area contributed by atoms with Crippen molar-refractivity contribution in [2.45, 2.75) is 40.2 Å². The van der Waals surface area contributed by atoms with Crippen LogP contribution in [0, 0.1) is 5.92 Å². The highest BCUT2D eigenvalue weighted by molar-refractivity contribution is 6.32. The molecule has 0 aromatic carbocycles. The van der Waals surface area contributed by atoms with E-state index < -0.39 is 0 Å². The minimum absolute atomic E-state index is 0.0317. The summed E-state index contributed by atoms with van der Waals surface area (Å²) < 4.78 is 1.32. The van der Waals surface area contributed by atoms with E-state index in [1.807, 2.05) is 27.7 Å². The van der Waals surface area contributed by atoms with Crippen LogP contribution in [-0.4, -0.2) is 28.8 Å². The number of carbonyl (C=O) groups is 1. The smallest absolute Gasteiger partial charge is 0.287 e. The molecule has 0 radical (unpaired) electrons. The maximum atomic E-state index is 12.0. The van der Waals surface area contributed by atoms with Gasteiger partial charge in [0.1, 0.15) is 5.02 Å². The first-order valence-corrected chi connectivity index (χ1v) is 7.48. The molecule has 6 nitrogen and oxygen atoms in total. The Morgan fingerprint density at radius 1 is 1.38 bits per heavy atom. The number of amides is 1. The lowest BCUT2D eigenvalue weighted by Gasteiger charge is -2.12. The second-order valence-electron chi connectivity index (χ2n) is 5.59. The fourth-order valence-electron chi connectivity index (χ4n) is 1.65. The van der Waals surface area contributed by atoms with Gasteiger partial charge in [0.15, 0.2) is 0 Å². The van der Waals surface area contributed by atoms with E-state index in [1.54, 1.807) is 0 Å². The van der Waals surface area contributed by atoms with Crippen LogP contribution in [0.1, 0.15) is 40.2 Å². The normalized spacial score (nSPS) is 11.0. The third kappa shape index (κ3) is 5.38. The van der Waals surface area contributed by atoms with Crippen LogP contribution in [0.25, 0.3) is 0 Å². The zero-order chi connectivity index (χ0) is 16.0. The molecule has 1 heterocycles. The number of aromatic nitrogens is 2. The molecule has 1 aromatic rings. The van der Waals surface area contributed by atoms with Crippen molar-refractivity contribution in [3.63, 3.8) is 0 Å². The molecule has 7 heteroatoms. The van der Waals surface area contributed by atoms with Crippen molar-refractivity contribution in [1.29, 1.82) is 0 Å². The number of carbonyl (C=O) groups excluding carboxylic acids is 1. The number of halogens is 1. The molecule has 0 aliphatic heterocycles. The molecule has 0 aliphatic carbocycles. The Bertz CT molecular complexity index is 540. The Balaban J connectivity index is 2.55. The molecule has 0 atom stereocenters. The van der Waals surface area contributed by atoms with E-state index in [0.29, 0.717) is 31.1 Å². The predicted molar refractivity (Wildman–Crippen MR) is 84.8 cm³/mol. The average molecular weight is 315 g/mol. The quantitative estimate of drug-likeness (QED) is 0.807. The second kappa shape index (κ2) is 8.02. The van der Waals surface area contributed by atoms with Gasteiger partial charge in [-0.1, -0.05) is 25.4 Å². The molecule has 21 heavy (non-hydrogen) atoms. The summed E-state index contributed by atoms with van der Waals surface area (Å²) in [6.45, 7) is 8.84. The summed E-state index contributed by atoms with van der Waals surface area (Å²) in [5.74, 6) is 0.389. The topological polar surface area (TPSA) is 76.0 Å². The number of nitrogens with one attached hydrogen (secondary N) is 2. The van der Waals surface area contributed by atoms with E-state index in [2.05, 4.69) is 15.7 Å². The van der Waals surface area contributed by atoms with Crippen molar-refractivity contribution < 1.29 is 4.79 Å². The first-order chi connectivity index (χ1) is 9.82. The van der Waals surface area contributed by atoms with E-state index in [0.717, 1.165) is 0 Å². The van der Waals surface area contributed by atoms with Gasteiger partial charge in [-0.15, -0.1) is 0 Å². The third-order valence-corrected chi connectivity index (χ3v) is 3.17. The number of rotatable bonds is 7. The van der Waals surface area contributed by atoms with E-state index in [1.165, 1.54) is 10.9 Å². The van der Waals surface area contributed by atoms with Gasteiger partial charge in [-0.05, 0) is 19.8 Å². The first-order valence-electron chi connectivity index (χ1n) is 7.10. The second-order valence-corrected chi connectivity index (χ2v) is 5.97. The SMILES string of the molecule is CC(C)CNC(=O)CCNc1cnn(C(C)C)c(=O)c1Cl. The van der Waals surface area contributed by atoms with Gasteiger partial charge in [0.25, 0.3) is 5.56 Å². The number of hydrogen-bond acceptors (Lipinski definition) is 4. The van der Waals surface area contributed by atoms with E-state index in [4.69, 9.17) is 11.6 Å². The summed E-state index contributed by atoms with van der Waals surface area (Å²) in [7, 11) is 0. The average Bonchev–Trinajstić information content (AvgIpc) is 2.41. The van der Waals surface area contributed by atoms with Crippen LogP contribution in [0.15, 0.2) is 11.0 Å². The number of nitrogens with zero attached hydrogens (tertiary/aromatic N) is 2. The van der Waals surface area contributed by atoms with Crippen molar-refractivity contribution in [2.24, 2.45) is 5.92 Å². The summed E-state index contributed by atoms with van der Waals surface area (Å²) >= 11 is 6.02. The van der Waals surface area contributed by atoms with Crippen LogP contribution >= 0.6 is 11.6 Å². The Labute approximate surface area is 129 Å². The van der Waals surface area contributed by atoms with Gasteiger partial charge >= 0.3 is 0 Å². The van der Waals surface area contributed by atoms with Crippen LogP contribution in [0.5, 0.6) is 0 Å². The molecule has 0 fully saturated rings. The Morgan fingerprint density at radius 3 is 2.62 bits per heavy atom. The summed E-state index contributed by atoms with van der Waals surface area (Å²) in [6.07, 6.45) is 1.83. The summed E-state index contributed by atoms with van der Waals surface area (Å²) in [5, 5.41) is 9.95. The fraction of sp³-hybridized carbons (Fsp3) is 0.643. The van der Waals surface area contributed by atoms with Gasteiger partial charge < -0.3 is 10.6 Å². The number of anilines is 1. The lowest BCUT2D eigenvalue weighted by Crippen LogP contribution is -2.29. The summed E-state index contributed by atoms with van der Waals surface area (Å²) in [6, 6.07) is -0.0501. The first kappa shape index (κ1) is 17.5. The van der Waals surface area contributed by atoms with E-state index in [-0.39, 0.29) is 22.5 Å². The van der Waals surface area contributed by atoms with E-state index in [9.17, 15) is 9.59 Å². The van der Waals surface area contributed by atoms with Gasteiger partial charge in [0, 0.05) is 19.5 Å². The Kier molecular flexibility index (Phi) is 6.68. The van der Waals surface area contributed by atoms with Crippen molar-refractivity contribution in [2.75, 3.05) is 18.4 Å². The summed E-state index contributed by atoms with van der Waals surface area (Å²) in [4.78, 5) is 23.5. The minimum atomic E-state index is -0.332. The molecule has 1 amide bonds. The largest absolute Gasteiger partial charge is 0.382 e. The molecular formula is C14H23ClN4O2. The predicted octanol–water partition coefficient (Wildman–Crippen LogP) is 2.05. The molecule has 1 rings (SSSR count). The molecule has 0 unspecified atom stereocenters.